The Hall–Kier alpha value is -2.53. The minimum absolute atomic E-state index is 0.101. The molecule has 0 spiro atoms. The van der Waals surface area contributed by atoms with Crippen LogP contribution < -0.4 is 11.3 Å². The first-order valence-electron chi connectivity index (χ1n) is 6.23. The second-order valence-corrected chi connectivity index (χ2v) is 5.07. The minimum Gasteiger partial charge on any atom is -0.366 e. The minimum atomic E-state index is -0.671. The zero-order valence-corrected chi connectivity index (χ0v) is 11.6. The van der Waals surface area contributed by atoms with E-state index in [1.807, 2.05) is 12.1 Å². The van der Waals surface area contributed by atoms with Crippen molar-refractivity contribution < 1.29 is 4.79 Å². The summed E-state index contributed by atoms with van der Waals surface area (Å²) in [4.78, 5) is 23.4. The van der Waals surface area contributed by atoms with E-state index in [1.165, 1.54) is 0 Å². The van der Waals surface area contributed by atoms with Gasteiger partial charge in [-0.1, -0.05) is 29.8 Å². The number of nitrogens with zero attached hydrogens (tertiary/aromatic N) is 1. The highest BCUT2D eigenvalue weighted by molar-refractivity contribution is 6.30. The predicted octanol–water partition coefficient (Wildman–Crippen LogP) is 1.93. The molecule has 21 heavy (non-hydrogen) atoms. The summed E-state index contributed by atoms with van der Waals surface area (Å²) in [6, 6.07) is 13.3. The fourth-order valence-corrected chi connectivity index (χ4v) is 2.40. The topological polar surface area (TPSA) is 80.9 Å². The van der Waals surface area contributed by atoms with Crippen LogP contribution >= 0.6 is 11.6 Å². The summed E-state index contributed by atoms with van der Waals surface area (Å²) in [6.45, 7) is 0.456. The van der Waals surface area contributed by atoms with Crippen molar-refractivity contribution in [1.29, 1.82) is 0 Å². The number of halogens is 1. The molecule has 3 rings (SSSR count). The molecule has 6 heteroatoms. The molecular formula is C15H11ClN3O2. The monoisotopic (exact) mass is 300 g/mol. The van der Waals surface area contributed by atoms with Gasteiger partial charge < -0.3 is 5.73 Å². The number of primary amides is 1. The van der Waals surface area contributed by atoms with E-state index in [0.717, 1.165) is 5.56 Å². The molecule has 1 heterocycles. The number of hydrogen-bond donors (Lipinski definition) is 2. The third-order valence-electron chi connectivity index (χ3n) is 3.23. The molecule has 0 bridgehead atoms. The van der Waals surface area contributed by atoms with Crippen molar-refractivity contribution in [2.24, 2.45) is 5.73 Å². The molecule has 0 fully saturated rings. The Labute approximate surface area is 124 Å². The molecule has 0 aliphatic rings. The molecule has 3 N–H and O–H groups in total. The SMILES string of the molecule is NC(=O)c1[c]ccc2c1c(=O)[nH]n2Cc1ccc(Cl)cc1. The van der Waals surface area contributed by atoms with Gasteiger partial charge in [0.05, 0.1) is 23.0 Å². The van der Waals surface area contributed by atoms with Gasteiger partial charge in [-0.25, -0.2) is 0 Å². The quantitative estimate of drug-likeness (QED) is 0.775. The lowest BCUT2D eigenvalue weighted by molar-refractivity contribution is 0.100. The van der Waals surface area contributed by atoms with E-state index in [1.54, 1.807) is 28.9 Å². The molecular weight excluding hydrogens is 290 g/mol. The average molecular weight is 301 g/mol. The summed E-state index contributed by atoms with van der Waals surface area (Å²) in [5.74, 6) is -0.671. The van der Waals surface area contributed by atoms with Crippen molar-refractivity contribution in [3.63, 3.8) is 0 Å². The van der Waals surface area contributed by atoms with E-state index < -0.39 is 5.91 Å². The van der Waals surface area contributed by atoms with E-state index in [4.69, 9.17) is 17.3 Å². The number of aromatic amines is 1. The lowest BCUT2D eigenvalue weighted by atomic mass is 10.1. The van der Waals surface area contributed by atoms with Crippen LogP contribution in [0.5, 0.6) is 0 Å². The molecule has 2 aromatic carbocycles. The maximum atomic E-state index is 12.0. The van der Waals surface area contributed by atoms with Crippen LogP contribution in [0.25, 0.3) is 10.9 Å². The zero-order chi connectivity index (χ0) is 15.0. The van der Waals surface area contributed by atoms with Crippen molar-refractivity contribution >= 4 is 28.4 Å². The number of H-pyrrole nitrogens is 1. The lowest BCUT2D eigenvalue weighted by Crippen LogP contribution is -2.14. The van der Waals surface area contributed by atoms with Gasteiger partial charge in [0.25, 0.3) is 5.56 Å². The van der Waals surface area contributed by atoms with Crippen LogP contribution in [0.3, 0.4) is 0 Å². The number of hydrogen-bond acceptors (Lipinski definition) is 2. The maximum absolute atomic E-state index is 12.0. The number of fused-ring (bicyclic) bond motifs is 1. The third-order valence-corrected chi connectivity index (χ3v) is 3.48. The maximum Gasteiger partial charge on any atom is 0.272 e. The fourth-order valence-electron chi connectivity index (χ4n) is 2.27. The van der Waals surface area contributed by atoms with E-state index in [2.05, 4.69) is 11.2 Å². The Morgan fingerprint density at radius 1 is 1.29 bits per heavy atom. The Balaban J connectivity index is 2.12. The number of nitrogens with two attached hydrogens (primary N) is 1. The third kappa shape index (κ3) is 2.43. The zero-order valence-electron chi connectivity index (χ0n) is 10.9. The van der Waals surface area contributed by atoms with Crippen LogP contribution in [0.2, 0.25) is 5.02 Å². The lowest BCUT2D eigenvalue weighted by Gasteiger charge is -2.05. The molecule has 3 aromatic rings. The molecule has 1 aromatic heterocycles. The Morgan fingerprint density at radius 3 is 2.67 bits per heavy atom. The number of nitrogens with one attached hydrogen (secondary N) is 1. The number of amides is 1. The normalized spacial score (nSPS) is 10.9. The molecule has 0 aliphatic heterocycles. The van der Waals surface area contributed by atoms with Crippen LogP contribution in [0.1, 0.15) is 15.9 Å². The second kappa shape index (κ2) is 5.10. The van der Waals surface area contributed by atoms with Crippen LogP contribution in [0.15, 0.2) is 41.2 Å². The van der Waals surface area contributed by atoms with Crippen molar-refractivity contribution in [2.75, 3.05) is 0 Å². The molecule has 5 nitrogen and oxygen atoms in total. The van der Waals surface area contributed by atoms with Gasteiger partial charge in [-0.15, -0.1) is 0 Å². The highest BCUT2D eigenvalue weighted by atomic mass is 35.5. The molecule has 0 atom stereocenters. The van der Waals surface area contributed by atoms with Crippen LogP contribution in [-0.4, -0.2) is 15.7 Å². The van der Waals surface area contributed by atoms with Crippen LogP contribution in [-0.2, 0) is 6.54 Å². The molecule has 0 saturated heterocycles. The fraction of sp³-hybridized carbons (Fsp3) is 0.0667. The predicted molar refractivity (Wildman–Crippen MR) is 80.5 cm³/mol. The largest absolute Gasteiger partial charge is 0.366 e. The van der Waals surface area contributed by atoms with Crippen LogP contribution in [0.4, 0.5) is 0 Å². The Morgan fingerprint density at radius 2 is 2.00 bits per heavy atom. The average Bonchev–Trinajstić information content (AvgIpc) is 2.78. The van der Waals surface area contributed by atoms with E-state index in [-0.39, 0.29) is 16.5 Å². The molecule has 1 radical (unpaired) electrons. The van der Waals surface area contributed by atoms with Crippen molar-refractivity contribution in [1.82, 2.24) is 9.78 Å². The van der Waals surface area contributed by atoms with E-state index in [0.29, 0.717) is 17.1 Å². The summed E-state index contributed by atoms with van der Waals surface area (Å²) in [6.07, 6.45) is 0. The van der Waals surface area contributed by atoms with Crippen molar-refractivity contribution in [3.05, 3.63) is 69.0 Å². The summed E-state index contributed by atoms with van der Waals surface area (Å²) in [5.41, 5.74) is 6.61. The number of aromatic nitrogens is 2. The smallest absolute Gasteiger partial charge is 0.272 e. The number of carbonyl (C=O) groups excluding carboxylic acids is 1. The molecule has 0 aliphatic carbocycles. The van der Waals surface area contributed by atoms with Gasteiger partial charge >= 0.3 is 0 Å². The van der Waals surface area contributed by atoms with Gasteiger partial charge in [0.15, 0.2) is 0 Å². The van der Waals surface area contributed by atoms with Crippen molar-refractivity contribution in [3.8, 4) is 0 Å². The summed E-state index contributed by atoms with van der Waals surface area (Å²) in [7, 11) is 0. The Kier molecular flexibility index (Phi) is 3.27. The second-order valence-electron chi connectivity index (χ2n) is 4.63. The highest BCUT2D eigenvalue weighted by Gasteiger charge is 2.14. The van der Waals surface area contributed by atoms with E-state index in [9.17, 15) is 9.59 Å². The molecule has 0 saturated carbocycles. The molecule has 0 unspecified atom stereocenters. The van der Waals surface area contributed by atoms with Gasteiger partial charge in [-0.05, 0) is 29.8 Å². The first kappa shape index (κ1) is 13.5. The number of carbonyl (C=O) groups is 1. The summed E-state index contributed by atoms with van der Waals surface area (Å²) >= 11 is 5.85. The molecule has 105 valence electrons. The van der Waals surface area contributed by atoms with Gasteiger partial charge in [0.2, 0.25) is 5.91 Å². The van der Waals surface area contributed by atoms with Crippen LogP contribution in [0, 0.1) is 6.07 Å². The number of rotatable bonds is 3. The van der Waals surface area contributed by atoms with Gasteiger partial charge in [0.1, 0.15) is 0 Å². The van der Waals surface area contributed by atoms with Gasteiger partial charge in [-0.3, -0.25) is 19.4 Å². The summed E-state index contributed by atoms with van der Waals surface area (Å²) in [5, 5.41) is 3.62. The first-order valence-corrected chi connectivity index (χ1v) is 6.61. The summed E-state index contributed by atoms with van der Waals surface area (Å²) < 4.78 is 1.67. The van der Waals surface area contributed by atoms with Gasteiger partial charge in [0, 0.05) is 5.02 Å². The standard InChI is InChI=1S/C15H11ClN3O2/c16-10-6-4-9(5-7-10)8-19-12-3-1-2-11(14(17)20)13(12)15(21)18-19/h1,3-7H,8H2,(H2,17,20)(H,18,21). The van der Waals surface area contributed by atoms with E-state index >= 15 is 0 Å². The number of benzene rings is 2. The Bertz CT molecular complexity index is 878. The molecule has 1 amide bonds. The van der Waals surface area contributed by atoms with Crippen molar-refractivity contribution in [2.45, 2.75) is 6.54 Å². The first-order chi connectivity index (χ1) is 10.1. The highest BCUT2D eigenvalue weighted by Crippen LogP contribution is 2.16. The van der Waals surface area contributed by atoms with Gasteiger partial charge in [-0.2, -0.15) is 0 Å².